The molecule has 110 valence electrons. The van der Waals surface area contributed by atoms with Crippen LogP contribution >= 0.6 is 23.8 Å². The van der Waals surface area contributed by atoms with Crippen molar-refractivity contribution in [2.24, 2.45) is 5.73 Å². The largest absolute Gasteiger partial charge is 0.489 e. The van der Waals surface area contributed by atoms with Crippen LogP contribution in [0.15, 0.2) is 54.1 Å². The number of rotatable bonds is 5. The minimum Gasteiger partial charge on any atom is -0.489 e. The molecule has 0 spiro atoms. The summed E-state index contributed by atoms with van der Waals surface area (Å²) in [6.07, 6.45) is 1.64. The highest BCUT2D eigenvalue weighted by molar-refractivity contribution is 7.80. The molecule has 2 aromatic rings. The third-order valence-corrected chi connectivity index (χ3v) is 3.35. The molecule has 0 amide bonds. The van der Waals surface area contributed by atoms with Gasteiger partial charge in [-0.1, -0.05) is 48.1 Å². The number of hydrogen-bond acceptors (Lipinski definition) is 3. The maximum atomic E-state index is 8.97. The molecule has 0 radical (unpaired) electrons. The second kappa shape index (κ2) is 7.60. The number of nitrogens with zero attached hydrogens (tertiary/aromatic N) is 1. The number of hydrogen-bond donors (Lipinski definition) is 1. The van der Waals surface area contributed by atoms with Crippen LogP contribution < -0.4 is 10.5 Å². The Balaban J connectivity index is 2.10. The molecular formula is C17H13ClN2OS. The molecule has 0 aliphatic heterocycles. The molecule has 2 aromatic carbocycles. The van der Waals surface area contributed by atoms with Crippen LogP contribution in [-0.2, 0) is 6.61 Å². The van der Waals surface area contributed by atoms with Gasteiger partial charge in [0.25, 0.3) is 0 Å². The molecule has 0 bridgehead atoms. The van der Waals surface area contributed by atoms with Crippen molar-refractivity contribution in [3.05, 3.63) is 70.3 Å². The van der Waals surface area contributed by atoms with Crippen LogP contribution in [0, 0.1) is 11.3 Å². The fourth-order valence-electron chi connectivity index (χ4n) is 1.77. The van der Waals surface area contributed by atoms with Crippen LogP contribution in [0.25, 0.3) is 6.08 Å². The van der Waals surface area contributed by atoms with Crippen molar-refractivity contribution in [2.75, 3.05) is 0 Å². The molecule has 5 heteroatoms. The predicted molar refractivity (Wildman–Crippen MR) is 92.6 cm³/mol. The van der Waals surface area contributed by atoms with E-state index < -0.39 is 0 Å². The molecule has 0 atom stereocenters. The van der Waals surface area contributed by atoms with Crippen LogP contribution in [-0.4, -0.2) is 4.99 Å². The van der Waals surface area contributed by atoms with E-state index in [0.29, 0.717) is 17.4 Å². The molecule has 0 aliphatic carbocycles. The van der Waals surface area contributed by atoms with Crippen LogP contribution in [0.3, 0.4) is 0 Å². The SMILES string of the molecule is N#C/C(=C\c1cccc(OCc2ccc(Cl)cc2)c1)C(N)=S. The monoisotopic (exact) mass is 328 g/mol. The van der Waals surface area contributed by atoms with Crippen molar-refractivity contribution in [1.82, 2.24) is 0 Å². The van der Waals surface area contributed by atoms with Crippen molar-refractivity contribution in [3.8, 4) is 11.8 Å². The molecule has 22 heavy (non-hydrogen) atoms. The number of nitrogens with two attached hydrogens (primary N) is 1. The first-order valence-electron chi connectivity index (χ1n) is 6.47. The normalized spacial score (nSPS) is 10.8. The van der Waals surface area contributed by atoms with Gasteiger partial charge >= 0.3 is 0 Å². The lowest BCUT2D eigenvalue weighted by molar-refractivity contribution is 0.306. The van der Waals surface area contributed by atoms with Gasteiger partial charge in [0, 0.05) is 5.02 Å². The first kappa shape index (κ1) is 16.0. The van der Waals surface area contributed by atoms with E-state index in [0.717, 1.165) is 11.1 Å². The Bertz CT molecular complexity index is 748. The molecule has 3 nitrogen and oxygen atoms in total. The van der Waals surface area contributed by atoms with Gasteiger partial charge in [0.2, 0.25) is 0 Å². The van der Waals surface area contributed by atoms with Crippen molar-refractivity contribution in [2.45, 2.75) is 6.61 Å². The molecule has 0 saturated heterocycles. The highest BCUT2D eigenvalue weighted by Crippen LogP contribution is 2.18. The van der Waals surface area contributed by atoms with E-state index in [-0.39, 0.29) is 10.6 Å². The standard InChI is InChI=1S/C17H13ClN2OS/c18-15-6-4-12(5-7-15)11-21-16-3-1-2-13(9-16)8-14(10-19)17(20)22/h1-9H,11H2,(H2,20,22)/b14-8+. The lowest BCUT2D eigenvalue weighted by Gasteiger charge is -2.07. The predicted octanol–water partition coefficient (Wildman–Crippen LogP) is 4.11. The maximum absolute atomic E-state index is 8.97. The summed E-state index contributed by atoms with van der Waals surface area (Å²) in [5, 5.41) is 9.67. The fourth-order valence-corrected chi connectivity index (χ4v) is 2.00. The van der Waals surface area contributed by atoms with Gasteiger partial charge in [-0.05, 0) is 41.5 Å². The Morgan fingerprint density at radius 2 is 2.00 bits per heavy atom. The smallest absolute Gasteiger partial charge is 0.120 e. The molecule has 2 rings (SSSR count). The maximum Gasteiger partial charge on any atom is 0.120 e. The first-order valence-corrected chi connectivity index (χ1v) is 7.26. The molecule has 0 heterocycles. The van der Waals surface area contributed by atoms with E-state index in [9.17, 15) is 0 Å². The highest BCUT2D eigenvalue weighted by atomic mass is 35.5. The number of thiocarbonyl (C=S) groups is 1. The summed E-state index contributed by atoms with van der Waals surface area (Å²) in [5.41, 5.74) is 7.57. The van der Waals surface area contributed by atoms with E-state index in [1.165, 1.54) is 0 Å². The third-order valence-electron chi connectivity index (χ3n) is 2.87. The van der Waals surface area contributed by atoms with Gasteiger partial charge < -0.3 is 10.5 Å². The summed E-state index contributed by atoms with van der Waals surface area (Å²) in [7, 11) is 0. The zero-order valence-corrected chi connectivity index (χ0v) is 13.2. The zero-order chi connectivity index (χ0) is 15.9. The van der Waals surface area contributed by atoms with E-state index in [2.05, 4.69) is 0 Å². The summed E-state index contributed by atoms with van der Waals surface area (Å²) in [5.74, 6) is 0.698. The Morgan fingerprint density at radius 3 is 2.64 bits per heavy atom. The minimum absolute atomic E-state index is 0.0787. The van der Waals surface area contributed by atoms with Gasteiger partial charge in [-0.15, -0.1) is 0 Å². The molecule has 0 fully saturated rings. The van der Waals surface area contributed by atoms with E-state index >= 15 is 0 Å². The molecule has 0 aromatic heterocycles. The van der Waals surface area contributed by atoms with E-state index in [4.69, 9.17) is 39.6 Å². The van der Waals surface area contributed by atoms with Gasteiger partial charge in [-0.2, -0.15) is 5.26 Å². The Labute approximate surface area is 139 Å². The van der Waals surface area contributed by atoms with Crippen LogP contribution in [0.4, 0.5) is 0 Å². The topological polar surface area (TPSA) is 59.0 Å². The second-order valence-corrected chi connectivity index (χ2v) is 5.40. The van der Waals surface area contributed by atoms with Crippen LogP contribution in [0.2, 0.25) is 5.02 Å². The van der Waals surface area contributed by atoms with E-state index in [1.807, 2.05) is 54.6 Å². The minimum atomic E-state index is 0.0787. The zero-order valence-electron chi connectivity index (χ0n) is 11.6. The lowest BCUT2D eigenvalue weighted by Crippen LogP contribution is -2.09. The summed E-state index contributed by atoms with van der Waals surface area (Å²) in [6, 6.07) is 16.8. The molecule has 2 N–H and O–H groups in total. The Morgan fingerprint density at radius 1 is 1.27 bits per heavy atom. The number of ether oxygens (including phenoxy) is 1. The summed E-state index contributed by atoms with van der Waals surface area (Å²) < 4.78 is 5.73. The summed E-state index contributed by atoms with van der Waals surface area (Å²) in [6.45, 7) is 0.435. The van der Waals surface area contributed by atoms with Gasteiger partial charge in [0.05, 0.1) is 5.57 Å². The summed E-state index contributed by atoms with van der Waals surface area (Å²) >= 11 is 10.7. The highest BCUT2D eigenvalue weighted by Gasteiger charge is 2.01. The van der Waals surface area contributed by atoms with Gasteiger partial charge in [0.15, 0.2) is 0 Å². The van der Waals surface area contributed by atoms with Gasteiger partial charge in [-0.3, -0.25) is 0 Å². The van der Waals surface area contributed by atoms with Gasteiger partial charge in [-0.25, -0.2) is 0 Å². The average molecular weight is 329 g/mol. The van der Waals surface area contributed by atoms with Gasteiger partial charge in [0.1, 0.15) is 23.4 Å². The van der Waals surface area contributed by atoms with Crippen LogP contribution in [0.1, 0.15) is 11.1 Å². The van der Waals surface area contributed by atoms with Crippen LogP contribution in [0.5, 0.6) is 5.75 Å². The van der Waals surface area contributed by atoms with Crippen molar-refractivity contribution in [3.63, 3.8) is 0 Å². The Hall–Kier alpha value is -2.35. The van der Waals surface area contributed by atoms with Crippen molar-refractivity contribution in [1.29, 1.82) is 5.26 Å². The molecular weight excluding hydrogens is 316 g/mol. The van der Waals surface area contributed by atoms with Crippen molar-refractivity contribution < 1.29 is 4.74 Å². The number of benzene rings is 2. The number of halogens is 1. The quantitative estimate of drug-likeness (QED) is 0.509. The van der Waals surface area contributed by atoms with Crippen molar-refractivity contribution >= 4 is 34.9 Å². The van der Waals surface area contributed by atoms with E-state index in [1.54, 1.807) is 6.08 Å². The molecule has 0 aliphatic rings. The number of nitriles is 1. The third kappa shape index (κ3) is 4.59. The second-order valence-electron chi connectivity index (χ2n) is 4.52. The average Bonchev–Trinajstić information content (AvgIpc) is 2.52. The Kier molecular flexibility index (Phi) is 5.54. The molecule has 0 saturated carbocycles. The lowest BCUT2D eigenvalue weighted by atomic mass is 10.1. The fraction of sp³-hybridized carbons (Fsp3) is 0.0588. The molecule has 0 unspecified atom stereocenters. The summed E-state index contributed by atoms with van der Waals surface area (Å²) in [4.78, 5) is 0.0787. The first-order chi connectivity index (χ1) is 10.6.